The van der Waals surface area contributed by atoms with Crippen LogP contribution in [-0.2, 0) is 15.7 Å². The van der Waals surface area contributed by atoms with Gasteiger partial charge in [0, 0.05) is 6.26 Å². The van der Waals surface area contributed by atoms with E-state index in [4.69, 9.17) is 16.3 Å². The second kappa shape index (κ2) is 6.17. The monoisotopic (exact) mass is 291 g/mol. The van der Waals surface area contributed by atoms with E-state index in [-0.39, 0.29) is 22.9 Å². The summed E-state index contributed by atoms with van der Waals surface area (Å²) in [5, 5.41) is 9.77. The number of anilines is 1. The van der Waals surface area contributed by atoms with Gasteiger partial charge in [-0.2, -0.15) is 4.47 Å². The second-order valence-corrected chi connectivity index (χ2v) is 5.06. The zero-order chi connectivity index (χ0) is 13.9. The molecule has 0 radical (unpaired) electrons. The number of esters is 1. The van der Waals surface area contributed by atoms with Crippen molar-refractivity contribution in [2.45, 2.75) is 13.8 Å². The molecule has 1 N–H and O–H groups in total. The maximum Gasteiger partial charge on any atom is 0.339 e. The van der Waals surface area contributed by atoms with E-state index >= 15 is 0 Å². The highest BCUT2D eigenvalue weighted by atomic mass is 35.5. The van der Waals surface area contributed by atoms with Gasteiger partial charge < -0.3 is 4.74 Å². The molecule has 5 nitrogen and oxygen atoms in total. The summed E-state index contributed by atoms with van der Waals surface area (Å²) in [4.78, 5) is 11.6. The first kappa shape index (κ1) is 14.9. The molecule has 100 valence electrons. The summed E-state index contributed by atoms with van der Waals surface area (Å²) in [5.41, 5.74) is 0.962. The molecule has 0 bridgehead atoms. The number of halogens is 1. The van der Waals surface area contributed by atoms with Crippen LogP contribution in [0, 0.1) is 6.92 Å². The highest BCUT2D eigenvalue weighted by Crippen LogP contribution is 2.30. The summed E-state index contributed by atoms with van der Waals surface area (Å²) in [6, 6.07) is 2.90. The lowest BCUT2D eigenvalue weighted by molar-refractivity contribution is 0.0526. The lowest BCUT2D eigenvalue weighted by atomic mass is 10.1. The van der Waals surface area contributed by atoms with E-state index < -0.39 is 17.0 Å². The van der Waals surface area contributed by atoms with Gasteiger partial charge in [0.1, 0.15) is 11.0 Å². The Morgan fingerprint density at radius 3 is 2.67 bits per heavy atom. The summed E-state index contributed by atoms with van der Waals surface area (Å²) in [6.45, 7) is 3.57. The van der Waals surface area contributed by atoms with E-state index in [1.54, 1.807) is 13.8 Å². The Kier molecular flexibility index (Phi) is 5.13. The summed E-state index contributed by atoms with van der Waals surface area (Å²) in [5.74, 6) is -0.528. The molecule has 1 rings (SSSR count). The Hall–Kier alpha value is -1.11. The third-order valence-corrected chi connectivity index (χ3v) is 3.47. The Morgan fingerprint density at radius 2 is 2.17 bits per heavy atom. The van der Waals surface area contributed by atoms with Crippen molar-refractivity contribution in [3.05, 3.63) is 28.3 Å². The van der Waals surface area contributed by atoms with Gasteiger partial charge in [-0.1, -0.05) is 11.6 Å². The molecule has 0 heterocycles. The minimum absolute atomic E-state index is 0.176. The van der Waals surface area contributed by atoms with Gasteiger partial charge in [-0.15, -0.1) is 0 Å². The second-order valence-electron chi connectivity index (χ2n) is 3.49. The lowest BCUT2D eigenvalue weighted by Gasteiger charge is -2.17. The topological polar surface area (TPSA) is 66.8 Å². The van der Waals surface area contributed by atoms with Crippen LogP contribution in [0.3, 0.4) is 0 Å². The van der Waals surface area contributed by atoms with Crippen LogP contribution in [0.2, 0.25) is 5.02 Å². The molecule has 7 heteroatoms. The van der Waals surface area contributed by atoms with Crippen LogP contribution in [0.1, 0.15) is 22.8 Å². The summed E-state index contributed by atoms with van der Waals surface area (Å²) in [7, 11) is -1.59. The number of carbonyl (C=O) groups is 1. The summed E-state index contributed by atoms with van der Waals surface area (Å²) in [6.07, 6.45) is 1.33. The van der Waals surface area contributed by atoms with Gasteiger partial charge in [-0.3, -0.25) is 5.21 Å². The predicted molar refractivity (Wildman–Crippen MR) is 70.5 cm³/mol. The average molecular weight is 292 g/mol. The van der Waals surface area contributed by atoms with Crippen molar-refractivity contribution in [3.8, 4) is 0 Å². The van der Waals surface area contributed by atoms with Gasteiger partial charge in [0.2, 0.25) is 0 Å². The van der Waals surface area contributed by atoms with Crippen molar-refractivity contribution < 1.29 is 18.9 Å². The molecule has 18 heavy (non-hydrogen) atoms. The number of benzene rings is 1. The minimum Gasteiger partial charge on any atom is -0.462 e. The van der Waals surface area contributed by atoms with Gasteiger partial charge in [-0.25, -0.2) is 9.00 Å². The van der Waals surface area contributed by atoms with Crippen molar-refractivity contribution in [2.75, 3.05) is 17.3 Å². The van der Waals surface area contributed by atoms with Crippen LogP contribution < -0.4 is 4.47 Å². The van der Waals surface area contributed by atoms with E-state index in [1.807, 2.05) is 0 Å². The Morgan fingerprint density at radius 1 is 1.56 bits per heavy atom. The molecule has 0 spiro atoms. The van der Waals surface area contributed by atoms with E-state index in [0.717, 1.165) is 0 Å². The lowest BCUT2D eigenvalue weighted by Crippen LogP contribution is -2.21. The fraction of sp³-hybridized carbons (Fsp3) is 0.364. The molecule has 1 unspecified atom stereocenters. The van der Waals surface area contributed by atoms with Crippen LogP contribution in [0.25, 0.3) is 0 Å². The Balaban J connectivity index is 3.21. The van der Waals surface area contributed by atoms with Crippen molar-refractivity contribution in [3.63, 3.8) is 0 Å². The third-order valence-electron chi connectivity index (χ3n) is 2.30. The zero-order valence-corrected chi connectivity index (χ0v) is 11.8. The van der Waals surface area contributed by atoms with E-state index in [1.165, 1.54) is 18.4 Å². The van der Waals surface area contributed by atoms with Crippen molar-refractivity contribution in [1.82, 2.24) is 0 Å². The smallest absolute Gasteiger partial charge is 0.339 e. The first-order chi connectivity index (χ1) is 8.40. The van der Waals surface area contributed by atoms with Gasteiger partial charge in [-0.05, 0) is 31.5 Å². The SMILES string of the molecule is CCOC(=O)c1ccc(N(O)S(C)=O)c(C)c1Cl. The van der Waals surface area contributed by atoms with Crippen LogP contribution in [-0.4, -0.2) is 28.2 Å². The van der Waals surface area contributed by atoms with Crippen LogP contribution in [0.15, 0.2) is 12.1 Å². The van der Waals surface area contributed by atoms with Crippen LogP contribution in [0.4, 0.5) is 5.69 Å². The van der Waals surface area contributed by atoms with Crippen LogP contribution >= 0.6 is 11.6 Å². The highest BCUT2D eigenvalue weighted by molar-refractivity contribution is 7.85. The molecule has 0 aromatic heterocycles. The first-order valence-electron chi connectivity index (χ1n) is 5.18. The molecule has 0 saturated heterocycles. The quantitative estimate of drug-likeness (QED) is 0.683. The van der Waals surface area contributed by atoms with Crippen LogP contribution in [0.5, 0.6) is 0 Å². The fourth-order valence-corrected chi connectivity index (χ4v) is 2.10. The molecule has 1 atom stereocenters. The van der Waals surface area contributed by atoms with E-state index in [0.29, 0.717) is 10.0 Å². The highest BCUT2D eigenvalue weighted by Gasteiger charge is 2.18. The van der Waals surface area contributed by atoms with Gasteiger partial charge in [0.15, 0.2) is 0 Å². The molecular formula is C11H14ClNO4S. The number of hydrogen-bond donors (Lipinski definition) is 1. The summed E-state index contributed by atoms with van der Waals surface area (Å²) < 4.78 is 16.6. The largest absolute Gasteiger partial charge is 0.462 e. The molecule has 0 aliphatic carbocycles. The molecule has 1 aromatic rings. The molecule has 1 aromatic carbocycles. The predicted octanol–water partition coefficient (Wildman–Crippen LogP) is 2.31. The van der Waals surface area contributed by atoms with Gasteiger partial charge in [0.25, 0.3) is 0 Å². The Labute approximate surface area is 113 Å². The maximum absolute atomic E-state index is 11.6. The molecule has 0 amide bonds. The number of hydrogen-bond acceptors (Lipinski definition) is 4. The molecule has 0 saturated carbocycles. The minimum atomic E-state index is -1.59. The number of rotatable bonds is 4. The third kappa shape index (κ3) is 3.01. The van der Waals surface area contributed by atoms with E-state index in [9.17, 15) is 14.2 Å². The average Bonchev–Trinajstić information content (AvgIpc) is 2.31. The molecule has 0 fully saturated rings. The maximum atomic E-state index is 11.6. The molecule has 0 aliphatic rings. The number of carbonyl (C=O) groups excluding carboxylic acids is 1. The number of ether oxygens (including phenoxy) is 1. The first-order valence-corrected chi connectivity index (χ1v) is 7.08. The molecule has 0 aliphatic heterocycles. The Bertz CT molecular complexity index is 492. The number of nitrogens with zero attached hydrogens (tertiary/aromatic N) is 1. The van der Waals surface area contributed by atoms with E-state index in [2.05, 4.69) is 0 Å². The van der Waals surface area contributed by atoms with Crippen molar-refractivity contribution >= 4 is 34.2 Å². The normalized spacial score (nSPS) is 12.1. The molecular weight excluding hydrogens is 278 g/mol. The fourth-order valence-electron chi connectivity index (χ4n) is 1.39. The van der Waals surface area contributed by atoms with Crippen molar-refractivity contribution in [2.24, 2.45) is 0 Å². The van der Waals surface area contributed by atoms with Crippen molar-refractivity contribution in [1.29, 1.82) is 0 Å². The van der Waals surface area contributed by atoms with Gasteiger partial charge >= 0.3 is 5.97 Å². The summed E-state index contributed by atoms with van der Waals surface area (Å²) >= 11 is 6.04. The standard InChI is InChI=1S/C11H14ClNO4S/c1-4-17-11(14)8-5-6-9(7(2)10(8)12)13(15)18(3)16/h5-6,15H,4H2,1-3H3. The van der Waals surface area contributed by atoms with Gasteiger partial charge in [0.05, 0.1) is 22.9 Å². The zero-order valence-electron chi connectivity index (χ0n) is 10.3.